The van der Waals surface area contributed by atoms with Gasteiger partial charge in [0.05, 0.1) is 18.8 Å². The average molecular weight is 316 g/mol. The number of aliphatic hydroxyl groups is 2. The third-order valence-electron chi connectivity index (χ3n) is 7.22. The van der Waals surface area contributed by atoms with Crippen LogP contribution in [0.2, 0.25) is 0 Å². The molecule has 0 spiro atoms. The topological polar surface area (TPSA) is 49.7 Å². The lowest BCUT2D eigenvalue weighted by Crippen LogP contribution is -2.46. The first-order chi connectivity index (χ1) is 10.9. The number of rotatable bonds is 1. The zero-order chi connectivity index (χ0) is 16.4. The highest BCUT2D eigenvalue weighted by molar-refractivity contribution is 5.40. The van der Waals surface area contributed by atoms with E-state index in [-0.39, 0.29) is 5.41 Å². The van der Waals surface area contributed by atoms with Gasteiger partial charge in [0.2, 0.25) is 0 Å². The molecule has 0 aromatic heterocycles. The van der Waals surface area contributed by atoms with Crippen LogP contribution in [0.3, 0.4) is 0 Å². The molecule has 3 unspecified atom stereocenters. The number of fused-ring (bicyclic) bond motifs is 5. The van der Waals surface area contributed by atoms with Crippen LogP contribution in [0, 0.1) is 17.3 Å². The van der Waals surface area contributed by atoms with Gasteiger partial charge in [-0.05, 0) is 85.5 Å². The molecule has 126 valence electrons. The number of aryl methyl sites for hydroxylation is 1. The van der Waals surface area contributed by atoms with Gasteiger partial charge in [-0.2, -0.15) is 0 Å². The van der Waals surface area contributed by atoms with E-state index in [4.69, 9.17) is 4.74 Å². The van der Waals surface area contributed by atoms with E-state index in [1.165, 1.54) is 11.1 Å². The minimum Gasteiger partial charge on any atom is -0.497 e. The summed E-state index contributed by atoms with van der Waals surface area (Å²) in [5.74, 6) is 2.52. The first kappa shape index (κ1) is 15.5. The first-order valence-corrected chi connectivity index (χ1v) is 8.94. The summed E-state index contributed by atoms with van der Waals surface area (Å²) in [6.07, 6.45) is 4.49. The van der Waals surface area contributed by atoms with Gasteiger partial charge >= 0.3 is 0 Å². The van der Waals surface area contributed by atoms with Crippen molar-refractivity contribution < 1.29 is 14.9 Å². The van der Waals surface area contributed by atoms with Crippen LogP contribution in [-0.2, 0) is 6.42 Å². The van der Waals surface area contributed by atoms with E-state index >= 15 is 0 Å². The van der Waals surface area contributed by atoms with Crippen LogP contribution in [0.5, 0.6) is 5.75 Å². The number of benzene rings is 1. The van der Waals surface area contributed by atoms with Gasteiger partial charge in [-0.15, -0.1) is 0 Å². The maximum absolute atomic E-state index is 10.7. The summed E-state index contributed by atoms with van der Waals surface area (Å²) in [7, 11) is 1.72. The quantitative estimate of drug-likeness (QED) is 0.836. The van der Waals surface area contributed by atoms with Crippen LogP contribution >= 0.6 is 0 Å². The number of aliphatic hydroxyl groups excluding tert-OH is 1. The first-order valence-electron chi connectivity index (χ1n) is 8.94. The Morgan fingerprint density at radius 3 is 2.74 bits per heavy atom. The Bertz CT molecular complexity index is 623. The molecule has 4 rings (SSSR count). The Hall–Kier alpha value is -1.06. The van der Waals surface area contributed by atoms with Gasteiger partial charge in [-0.3, -0.25) is 0 Å². The van der Waals surface area contributed by atoms with E-state index in [0.29, 0.717) is 17.8 Å². The average Bonchev–Trinajstić information content (AvgIpc) is 2.73. The van der Waals surface area contributed by atoms with Crippen LogP contribution in [0.15, 0.2) is 18.2 Å². The van der Waals surface area contributed by atoms with Gasteiger partial charge < -0.3 is 14.9 Å². The molecular formula is C20H28O3. The normalized spacial score (nSPS) is 45.1. The van der Waals surface area contributed by atoms with Crippen LogP contribution in [-0.4, -0.2) is 29.0 Å². The number of methoxy groups -OCH3 is 1. The largest absolute Gasteiger partial charge is 0.497 e. The van der Waals surface area contributed by atoms with Gasteiger partial charge in [0, 0.05) is 0 Å². The molecule has 1 aromatic carbocycles. The van der Waals surface area contributed by atoms with E-state index in [1.807, 2.05) is 6.92 Å². The minimum atomic E-state index is -0.936. The second-order valence-electron chi connectivity index (χ2n) is 8.49. The van der Waals surface area contributed by atoms with Crippen molar-refractivity contribution in [3.05, 3.63) is 29.3 Å². The summed E-state index contributed by atoms with van der Waals surface area (Å²) in [6.45, 7) is 4.02. The Labute approximate surface area is 138 Å². The summed E-state index contributed by atoms with van der Waals surface area (Å²) in [6, 6.07) is 6.52. The van der Waals surface area contributed by atoms with Crippen molar-refractivity contribution >= 4 is 0 Å². The number of hydrogen-bond acceptors (Lipinski definition) is 3. The van der Waals surface area contributed by atoms with E-state index in [2.05, 4.69) is 25.1 Å². The van der Waals surface area contributed by atoms with Gasteiger partial charge in [-0.25, -0.2) is 0 Å². The Balaban J connectivity index is 1.70. The predicted molar refractivity (Wildman–Crippen MR) is 89.6 cm³/mol. The Kier molecular flexibility index (Phi) is 3.34. The second-order valence-corrected chi connectivity index (χ2v) is 8.49. The standard InChI is InChI=1S/C20H28O3/c1-19-9-8-15-14-7-5-13(23-3)10-12(14)4-6-16(15)17(19)11-20(2,22)18(19)21/h5,7,10,15-18,21-22H,4,6,8-9,11H2,1-3H3/t15-,16?,17+,18?,19?,20+/m1/s1. The van der Waals surface area contributed by atoms with Crippen molar-refractivity contribution in [1.82, 2.24) is 0 Å². The highest BCUT2D eigenvalue weighted by atomic mass is 16.5. The van der Waals surface area contributed by atoms with Crippen molar-refractivity contribution in [1.29, 1.82) is 0 Å². The highest BCUT2D eigenvalue weighted by Crippen LogP contribution is 2.63. The molecule has 0 heterocycles. The van der Waals surface area contributed by atoms with E-state index in [9.17, 15) is 10.2 Å². The Morgan fingerprint density at radius 2 is 2.00 bits per heavy atom. The van der Waals surface area contributed by atoms with Gasteiger partial charge in [-0.1, -0.05) is 13.0 Å². The highest BCUT2D eigenvalue weighted by Gasteiger charge is 2.61. The molecule has 2 saturated carbocycles. The molecule has 0 radical (unpaired) electrons. The third kappa shape index (κ3) is 2.09. The summed E-state index contributed by atoms with van der Waals surface area (Å²) >= 11 is 0. The smallest absolute Gasteiger partial charge is 0.119 e. The van der Waals surface area contributed by atoms with Gasteiger partial charge in [0.25, 0.3) is 0 Å². The molecule has 2 fully saturated rings. The summed E-state index contributed by atoms with van der Waals surface area (Å²) in [5, 5.41) is 21.3. The zero-order valence-electron chi connectivity index (χ0n) is 14.4. The molecule has 1 aromatic rings. The zero-order valence-corrected chi connectivity index (χ0v) is 14.4. The number of ether oxygens (including phenoxy) is 1. The van der Waals surface area contributed by atoms with Crippen LogP contribution < -0.4 is 4.74 Å². The summed E-state index contributed by atoms with van der Waals surface area (Å²) in [5.41, 5.74) is 1.84. The molecule has 3 aliphatic rings. The fourth-order valence-electron chi connectivity index (χ4n) is 6.02. The van der Waals surface area contributed by atoms with Gasteiger partial charge in [0.1, 0.15) is 5.75 Å². The molecular weight excluding hydrogens is 288 g/mol. The van der Waals surface area contributed by atoms with Crippen LogP contribution in [0.4, 0.5) is 0 Å². The lowest BCUT2D eigenvalue weighted by Gasteiger charge is -2.50. The molecule has 0 amide bonds. The molecule has 0 saturated heterocycles. The van der Waals surface area contributed by atoms with Crippen LogP contribution in [0.25, 0.3) is 0 Å². The van der Waals surface area contributed by atoms with E-state index in [0.717, 1.165) is 37.9 Å². The van der Waals surface area contributed by atoms with E-state index < -0.39 is 11.7 Å². The van der Waals surface area contributed by atoms with Gasteiger partial charge in [0.15, 0.2) is 0 Å². The molecule has 3 aliphatic carbocycles. The van der Waals surface area contributed by atoms with Crippen molar-refractivity contribution in [2.24, 2.45) is 17.3 Å². The monoisotopic (exact) mass is 316 g/mol. The molecule has 0 bridgehead atoms. The molecule has 0 aliphatic heterocycles. The van der Waals surface area contributed by atoms with Crippen LogP contribution in [0.1, 0.15) is 56.6 Å². The minimum absolute atomic E-state index is 0.130. The van der Waals surface area contributed by atoms with Crippen molar-refractivity contribution in [3.8, 4) is 5.75 Å². The molecule has 3 nitrogen and oxygen atoms in total. The maximum atomic E-state index is 10.7. The SMILES string of the molecule is COc1ccc2c(c1)CCC1[C@@H]2CCC2(C)C(O)[C@@](C)(O)C[C@@H]12. The van der Waals surface area contributed by atoms with Crippen molar-refractivity contribution in [3.63, 3.8) is 0 Å². The summed E-state index contributed by atoms with van der Waals surface area (Å²) < 4.78 is 5.38. The number of hydrogen-bond donors (Lipinski definition) is 2. The molecule has 2 N–H and O–H groups in total. The lowest BCUT2D eigenvalue weighted by molar-refractivity contribution is -0.0903. The third-order valence-corrected chi connectivity index (χ3v) is 7.22. The summed E-state index contributed by atoms with van der Waals surface area (Å²) in [4.78, 5) is 0. The fraction of sp³-hybridized carbons (Fsp3) is 0.700. The van der Waals surface area contributed by atoms with Crippen molar-refractivity contribution in [2.75, 3.05) is 7.11 Å². The molecule has 3 heteroatoms. The lowest BCUT2D eigenvalue weighted by atomic mass is 9.55. The maximum Gasteiger partial charge on any atom is 0.119 e. The van der Waals surface area contributed by atoms with E-state index in [1.54, 1.807) is 7.11 Å². The fourth-order valence-corrected chi connectivity index (χ4v) is 6.02. The second kappa shape index (κ2) is 4.97. The predicted octanol–water partition coefficient (Wildman–Crippen LogP) is 3.27. The Morgan fingerprint density at radius 1 is 1.22 bits per heavy atom. The van der Waals surface area contributed by atoms with Crippen molar-refractivity contribution in [2.45, 2.75) is 63.6 Å². The molecule has 6 atom stereocenters. The molecule has 23 heavy (non-hydrogen) atoms.